The van der Waals surface area contributed by atoms with Crippen LogP contribution in [0.4, 0.5) is 0 Å². The first kappa shape index (κ1) is 26.6. The molecule has 5 nitrogen and oxygen atoms in total. The topological polar surface area (TPSA) is 73.6 Å². The van der Waals surface area contributed by atoms with E-state index in [4.69, 9.17) is 9.15 Å². The van der Waals surface area contributed by atoms with Gasteiger partial charge >= 0.3 is 57.4 Å². The molecule has 2 aromatic rings. The molecule has 2 aliphatic rings. The molecular formula is C22H11Br4KO5. The van der Waals surface area contributed by atoms with Crippen molar-refractivity contribution in [2.24, 2.45) is 0 Å². The molecular weight excluding hydrogens is 703 g/mol. The first-order chi connectivity index (χ1) is 14.8. The van der Waals surface area contributed by atoms with E-state index in [1.165, 1.54) is 0 Å². The maximum absolute atomic E-state index is 12.7. The van der Waals surface area contributed by atoms with Gasteiger partial charge in [-0.25, -0.2) is 4.79 Å². The maximum atomic E-state index is 12.7. The van der Waals surface area contributed by atoms with Crippen molar-refractivity contribution in [3.05, 3.63) is 80.3 Å². The van der Waals surface area contributed by atoms with Gasteiger partial charge in [-0.3, -0.25) is 4.79 Å². The van der Waals surface area contributed by atoms with Gasteiger partial charge in [-0.15, -0.1) is 6.07 Å². The summed E-state index contributed by atoms with van der Waals surface area (Å²) in [6, 6.07) is 10.3. The van der Waals surface area contributed by atoms with Gasteiger partial charge in [0.1, 0.15) is 15.7 Å². The van der Waals surface area contributed by atoms with Gasteiger partial charge in [0, 0.05) is 14.5 Å². The second kappa shape index (κ2) is 10.7. The molecule has 0 N–H and O–H groups in total. The van der Waals surface area contributed by atoms with Gasteiger partial charge in [0.2, 0.25) is 5.43 Å². The van der Waals surface area contributed by atoms with Crippen molar-refractivity contribution in [2.75, 3.05) is 6.61 Å². The molecule has 1 heterocycles. The molecule has 0 aromatic heterocycles. The summed E-state index contributed by atoms with van der Waals surface area (Å²) in [5.74, 6) is -0.214. The number of carbonyl (C=O) groups is 1. The van der Waals surface area contributed by atoms with Crippen LogP contribution in [0.2, 0.25) is 0 Å². The molecule has 32 heavy (non-hydrogen) atoms. The zero-order valence-electron chi connectivity index (χ0n) is 16.7. The van der Waals surface area contributed by atoms with Crippen LogP contribution >= 0.6 is 63.7 Å². The van der Waals surface area contributed by atoms with Crippen LogP contribution < -0.4 is 62.2 Å². The predicted molar refractivity (Wildman–Crippen MR) is 133 cm³/mol. The molecule has 0 bridgehead atoms. The molecule has 0 amide bonds. The van der Waals surface area contributed by atoms with Crippen LogP contribution in [0, 0.1) is 0 Å². The fraction of sp³-hybridized carbons (Fsp3) is 0.0909. The van der Waals surface area contributed by atoms with Crippen molar-refractivity contribution < 1.29 is 65.3 Å². The third kappa shape index (κ3) is 4.59. The summed E-state index contributed by atoms with van der Waals surface area (Å²) in [6.45, 7) is 1.97. The average Bonchev–Trinajstić information content (AvgIpc) is 2.75. The third-order valence-corrected chi connectivity index (χ3v) is 7.32. The summed E-state index contributed by atoms with van der Waals surface area (Å²) in [7, 11) is 0. The van der Waals surface area contributed by atoms with E-state index in [1.54, 1.807) is 43.3 Å². The minimum Gasteiger partial charge on any atom is -0.477 e. The van der Waals surface area contributed by atoms with E-state index < -0.39 is 5.97 Å². The number of benzene rings is 3. The van der Waals surface area contributed by atoms with Crippen LogP contribution in [-0.2, 0) is 4.74 Å². The number of rotatable bonds is 3. The Labute approximate surface area is 258 Å². The minimum atomic E-state index is -0.475. The fourth-order valence-electron chi connectivity index (χ4n) is 3.36. The summed E-state index contributed by atoms with van der Waals surface area (Å²) < 4.78 is 12.4. The van der Waals surface area contributed by atoms with Crippen LogP contribution in [0.1, 0.15) is 17.3 Å². The quantitative estimate of drug-likeness (QED) is 0.140. The van der Waals surface area contributed by atoms with Gasteiger partial charge < -0.3 is 13.9 Å². The van der Waals surface area contributed by atoms with Crippen LogP contribution in [0.5, 0.6) is 0 Å². The number of fused-ring (bicyclic) bond motifs is 2. The van der Waals surface area contributed by atoms with Gasteiger partial charge in [0.15, 0.2) is 0 Å². The Kier molecular flexibility index (Phi) is 8.88. The Morgan fingerprint density at radius 2 is 1.66 bits per heavy atom. The Balaban J connectivity index is 0.00000289. The third-order valence-electron chi connectivity index (χ3n) is 4.70. The standard InChI is InChI=1S/C22H11Br4O5.K/c1-2-30-22(29)10-6-4-3-5-9(10)15-11-7-13(23)18(27)16(25)20(11)31-21-12(15)8-14(24)19(28)17(21)26;/h3-8H,2H2,1H3;/q-1;+1. The van der Waals surface area contributed by atoms with E-state index in [1.807, 2.05) is 0 Å². The maximum Gasteiger partial charge on any atom is 1.00 e. The van der Waals surface area contributed by atoms with Crippen LogP contribution in [0.3, 0.4) is 0 Å². The Bertz CT molecular complexity index is 1450. The first-order valence-corrected chi connectivity index (χ1v) is 12.1. The molecule has 4 rings (SSSR count). The van der Waals surface area contributed by atoms with Crippen molar-refractivity contribution in [3.63, 3.8) is 0 Å². The number of halogens is 4. The molecule has 0 saturated carbocycles. The first-order valence-electron chi connectivity index (χ1n) is 8.96. The summed E-state index contributed by atoms with van der Waals surface area (Å²) >= 11 is 13.3. The molecule has 1 aliphatic carbocycles. The molecule has 0 saturated heterocycles. The molecule has 0 atom stereocenters. The molecule has 2 aromatic carbocycles. The van der Waals surface area contributed by atoms with E-state index in [0.717, 1.165) is 0 Å². The summed E-state index contributed by atoms with van der Waals surface area (Å²) in [6.07, 6.45) is 0. The van der Waals surface area contributed by atoms with Crippen molar-refractivity contribution in [1.29, 1.82) is 0 Å². The molecule has 10 heteroatoms. The number of hydrogen-bond donors (Lipinski definition) is 0. The van der Waals surface area contributed by atoms with Crippen molar-refractivity contribution in [2.45, 2.75) is 6.92 Å². The second-order valence-corrected chi connectivity index (χ2v) is 9.79. The molecule has 1 aliphatic heterocycles. The Hall–Kier alpha value is -0.0436. The normalized spacial score (nSPS) is 10.9. The van der Waals surface area contributed by atoms with Gasteiger partial charge in [0.25, 0.3) is 0 Å². The van der Waals surface area contributed by atoms with Gasteiger partial charge in [0.05, 0.1) is 16.7 Å². The predicted octanol–water partition coefficient (Wildman–Crippen LogP) is 3.87. The van der Waals surface area contributed by atoms with E-state index in [2.05, 4.69) is 63.7 Å². The number of hydrogen-bond acceptors (Lipinski definition) is 5. The zero-order chi connectivity index (χ0) is 22.4. The summed E-state index contributed by atoms with van der Waals surface area (Å²) in [5, 5.41) is 0.583. The second-order valence-electron chi connectivity index (χ2n) is 6.50. The largest absolute Gasteiger partial charge is 1.00 e. The van der Waals surface area contributed by atoms with E-state index in [9.17, 15) is 14.4 Å². The molecule has 0 fully saturated rings. The minimum absolute atomic E-state index is 0. The SMILES string of the molecule is CCOC(=O)c1ccccc1-c1c2cc(Br)c(=O)c(Br)c-2oc2c(Br)c(=O)c(Br)c[c-]12.[K+]. The molecule has 0 unspecified atom stereocenters. The van der Waals surface area contributed by atoms with Gasteiger partial charge in [-0.1, -0.05) is 78.7 Å². The Morgan fingerprint density at radius 3 is 2.34 bits per heavy atom. The van der Waals surface area contributed by atoms with Crippen molar-refractivity contribution >= 4 is 80.7 Å². The molecule has 0 radical (unpaired) electrons. The van der Waals surface area contributed by atoms with Crippen molar-refractivity contribution in [3.8, 4) is 22.5 Å². The monoisotopic (exact) mass is 710 g/mol. The number of carbonyl (C=O) groups excluding carboxylic acids is 1. The van der Waals surface area contributed by atoms with E-state index in [-0.39, 0.29) is 89.1 Å². The van der Waals surface area contributed by atoms with Gasteiger partial charge in [-0.05, 0) is 44.3 Å². The van der Waals surface area contributed by atoms with Crippen molar-refractivity contribution in [1.82, 2.24) is 0 Å². The molecule has 158 valence electrons. The smallest absolute Gasteiger partial charge is 0.477 e. The van der Waals surface area contributed by atoms with Gasteiger partial charge in [-0.2, -0.15) is 0 Å². The number of esters is 1. The zero-order valence-corrected chi connectivity index (χ0v) is 26.2. The number of ether oxygens (including phenoxy) is 1. The van der Waals surface area contributed by atoms with Crippen LogP contribution in [-0.4, -0.2) is 12.6 Å². The summed E-state index contributed by atoms with van der Waals surface area (Å²) in [5.41, 5.74) is 1.82. The fourth-order valence-corrected chi connectivity index (χ4v) is 5.77. The van der Waals surface area contributed by atoms with Crippen LogP contribution in [0.25, 0.3) is 33.4 Å². The van der Waals surface area contributed by atoms with Crippen LogP contribution in [0.15, 0.2) is 68.3 Å². The average molecular weight is 714 g/mol. The molecule has 0 spiro atoms. The van der Waals surface area contributed by atoms with E-state index >= 15 is 0 Å². The van der Waals surface area contributed by atoms with E-state index in [0.29, 0.717) is 36.6 Å². The Morgan fingerprint density at radius 1 is 1.00 bits per heavy atom. The summed E-state index contributed by atoms with van der Waals surface area (Å²) in [4.78, 5) is 37.8.